The van der Waals surface area contributed by atoms with Crippen LogP contribution in [0.15, 0.2) is 97.3 Å². The smallest absolute Gasteiger partial charge is 0.0360 e. The first-order valence-corrected chi connectivity index (χ1v) is 6.88. The molecule has 0 saturated heterocycles. The molecule has 2 nitrogen and oxygen atoms in total. The van der Waals surface area contributed by atoms with Gasteiger partial charge in [-0.05, 0) is 24.3 Å². The molecule has 0 N–H and O–H groups in total. The average molecular weight is 278 g/mol. The molecule has 0 aliphatic carbocycles. The third-order valence-electron chi connectivity index (χ3n) is 2.51. The van der Waals surface area contributed by atoms with Crippen LogP contribution >= 0.6 is 0 Å². The summed E-state index contributed by atoms with van der Waals surface area (Å²) in [4.78, 5) is 5.87. The van der Waals surface area contributed by atoms with Crippen LogP contribution in [0.2, 0.25) is 0 Å². The second-order valence-corrected chi connectivity index (χ2v) is 4.41. The maximum Gasteiger partial charge on any atom is 0.0360 e. The van der Waals surface area contributed by atoms with Gasteiger partial charge in [-0.15, -0.1) is 0 Å². The third-order valence-corrected chi connectivity index (χ3v) is 2.51. The van der Waals surface area contributed by atoms with Crippen LogP contribution in [0.25, 0.3) is 0 Å². The van der Waals surface area contributed by atoms with E-state index in [9.17, 15) is 0 Å². The van der Waals surface area contributed by atoms with Crippen molar-refractivity contribution in [3.8, 4) is 0 Å². The van der Waals surface area contributed by atoms with Crippen molar-refractivity contribution in [3.05, 3.63) is 97.3 Å². The van der Waals surface area contributed by atoms with Gasteiger partial charge in [-0.25, -0.2) is 0 Å². The Labute approximate surface area is 127 Å². The fraction of sp³-hybridized carbons (Fsp3) is 0.105. The molecule has 0 saturated carbocycles. The Morgan fingerprint density at radius 1 is 0.571 bits per heavy atom. The van der Waals surface area contributed by atoms with E-state index in [1.54, 1.807) is 12.4 Å². The van der Waals surface area contributed by atoms with Crippen LogP contribution < -0.4 is 4.90 Å². The van der Waals surface area contributed by atoms with Crippen molar-refractivity contribution in [3.63, 3.8) is 0 Å². The summed E-state index contributed by atoms with van der Waals surface area (Å²) in [6, 6.07) is 28.0. The Balaban J connectivity index is 0.000000163. The molecule has 1 heterocycles. The van der Waals surface area contributed by atoms with Crippen LogP contribution in [-0.4, -0.2) is 19.1 Å². The maximum atomic E-state index is 3.78. The molecule has 0 aliphatic heterocycles. The number of hydrogen-bond donors (Lipinski definition) is 0. The number of pyridine rings is 1. The van der Waals surface area contributed by atoms with E-state index in [0.717, 1.165) is 0 Å². The van der Waals surface area contributed by atoms with Crippen LogP contribution in [0.5, 0.6) is 0 Å². The summed E-state index contributed by atoms with van der Waals surface area (Å²) < 4.78 is 0. The lowest BCUT2D eigenvalue weighted by atomic mass is 10.3. The Morgan fingerprint density at radius 3 is 1.19 bits per heavy atom. The predicted octanol–water partition coefficient (Wildman–Crippen LogP) is 4.52. The van der Waals surface area contributed by atoms with Gasteiger partial charge in [0, 0.05) is 32.2 Å². The minimum atomic E-state index is 1.25. The second kappa shape index (κ2) is 11.2. The van der Waals surface area contributed by atoms with Crippen molar-refractivity contribution in [1.82, 2.24) is 4.98 Å². The van der Waals surface area contributed by atoms with Gasteiger partial charge in [0.2, 0.25) is 0 Å². The molecule has 0 spiro atoms. The van der Waals surface area contributed by atoms with E-state index in [4.69, 9.17) is 0 Å². The minimum absolute atomic E-state index is 1.25. The lowest BCUT2D eigenvalue weighted by Gasteiger charge is -2.10. The zero-order valence-corrected chi connectivity index (χ0v) is 12.6. The number of para-hydroxylation sites is 1. The highest BCUT2D eigenvalue weighted by Crippen LogP contribution is 2.07. The number of hydrogen-bond acceptors (Lipinski definition) is 2. The molecule has 0 radical (unpaired) electrons. The molecular weight excluding hydrogens is 256 g/mol. The van der Waals surface area contributed by atoms with Crippen LogP contribution in [0.1, 0.15) is 0 Å². The molecule has 2 aromatic carbocycles. The molecule has 21 heavy (non-hydrogen) atoms. The molecule has 3 rings (SSSR count). The molecule has 1 aromatic heterocycles. The van der Waals surface area contributed by atoms with Crippen molar-refractivity contribution in [2.45, 2.75) is 0 Å². The zero-order chi connectivity index (χ0) is 15.2. The van der Waals surface area contributed by atoms with E-state index < -0.39 is 0 Å². The van der Waals surface area contributed by atoms with Gasteiger partial charge in [-0.1, -0.05) is 60.7 Å². The summed E-state index contributed by atoms with van der Waals surface area (Å²) in [5.74, 6) is 0. The summed E-state index contributed by atoms with van der Waals surface area (Å²) >= 11 is 0. The van der Waals surface area contributed by atoms with Gasteiger partial charge in [0.05, 0.1) is 0 Å². The fourth-order valence-corrected chi connectivity index (χ4v) is 1.42. The monoisotopic (exact) mass is 278 g/mol. The molecular formula is C19H22N2. The van der Waals surface area contributed by atoms with E-state index in [1.807, 2.05) is 86.9 Å². The number of benzene rings is 2. The number of rotatable bonds is 1. The minimum Gasteiger partial charge on any atom is -0.378 e. The van der Waals surface area contributed by atoms with Gasteiger partial charge in [0.1, 0.15) is 0 Å². The van der Waals surface area contributed by atoms with Crippen LogP contribution in [0, 0.1) is 0 Å². The fourth-order valence-electron chi connectivity index (χ4n) is 1.42. The number of anilines is 1. The summed E-state index contributed by atoms with van der Waals surface area (Å²) in [6.07, 6.45) is 3.50. The Kier molecular flexibility index (Phi) is 8.80. The lowest BCUT2D eigenvalue weighted by Crippen LogP contribution is -2.07. The second-order valence-electron chi connectivity index (χ2n) is 4.41. The summed E-state index contributed by atoms with van der Waals surface area (Å²) in [5, 5.41) is 0. The van der Waals surface area contributed by atoms with Crippen LogP contribution in [0.4, 0.5) is 5.69 Å². The lowest BCUT2D eigenvalue weighted by molar-refractivity contribution is 1.13. The highest BCUT2D eigenvalue weighted by Gasteiger charge is 1.87. The van der Waals surface area contributed by atoms with E-state index >= 15 is 0 Å². The van der Waals surface area contributed by atoms with Gasteiger partial charge in [-0.2, -0.15) is 0 Å². The Hall–Kier alpha value is -2.61. The topological polar surface area (TPSA) is 16.1 Å². The molecule has 108 valence electrons. The first kappa shape index (κ1) is 16.4. The van der Waals surface area contributed by atoms with Gasteiger partial charge < -0.3 is 4.90 Å². The number of nitrogens with zero attached hydrogens (tertiary/aromatic N) is 2. The summed E-state index contributed by atoms with van der Waals surface area (Å²) in [5.41, 5.74) is 1.25. The predicted molar refractivity (Wildman–Crippen MR) is 91.4 cm³/mol. The van der Waals surface area contributed by atoms with Crippen molar-refractivity contribution in [2.75, 3.05) is 19.0 Å². The number of aromatic nitrogens is 1. The van der Waals surface area contributed by atoms with E-state index in [0.29, 0.717) is 0 Å². The van der Waals surface area contributed by atoms with Crippen molar-refractivity contribution < 1.29 is 0 Å². The highest BCUT2D eigenvalue weighted by atomic mass is 15.1. The van der Waals surface area contributed by atoms with Crippen LogP contribution in [-0.2, 0) is 0 Å². The van der Waals surface area contributed by atoms with Gasteiger partial charge in [0.25, 0.3) is 0 Å². The Bertz CT molecular complexity index is 452. The van der Waals surface area contributed by atoms with Crippen LogP contribution in [0.3, 0.4) is 0 Å². The molecule has 0 atom stereocenters. The molecule has 0 unspecified atom stereocenters. The normalized spacial score (nSPS) is 8.48. The first-order chi connectivity index (χ1) is 10.3. The van der Waals surface area contributed by atoms with Gasteiger partial charge in [-0.3, -0.25) is 4.98 Å². The maximum absolute atomic E-state index is 3.78. The van der Waals surface area contributed by atoms with Gasteiger partial charge >= 0.3 is 0 Å². The van der Waals surface area contributed by atoms with E-state index in [-0.39, 0.29) is 0 Å². The van der Waals surface area contributed by atoms with Crippen molar-refractivity contribution >= 4 is 5.69 Å². The molecule has 0 bridgehead atoms. The average Bonchev–Trinajstić information content (AvgIpc) is 2.60. The molecule has 2 heteroatoms. The largest absolute Gasteiger partial charge is 0.378 e. The zero-order valence-electron chi connectivity index (χ0n) is 12.6. The first-order valence-electron chi connectivity index (χ1n) is 6.88. The molecule has 0 fully saturated rings. The SMILES string of the molecule is CN(C)c1ccccc1.c1ccccc1.c1ccncc1. The van der Waals surface area contributed by atoms with Crippen molar-refractivity contribution in [2.24, 2.45) is 0 Å². The summed E-state index contributed by atoms with van der Waals surface area (Å²) in [7, 11) is 4.07. The van der Waals surface area contributed by atoms with Gasteiger partial charge in [0.15, 0.2) is 0 Å². The molecule has 3 aromatic rings. The van der Waals surface area contributed by atoms with Crippen molar-refractivity contribution in [1.29, 1.82) is 0 Å². The third kappa shape index (κ3) is 9.00. The Morgan fingerprint density at radius 2 is 0.952 bits per heavy atom. The molecule has 0 aliphatic rings. The molecule has 0 amide bonds. The highest BCUT2D eigenvalue weighted by molar-refractivity contribution is 5.43. The van der Waals surface area contributed by atoms with E-state index in [1.165, 1.54) is 5.69 Å². The standard InChI is InChI=1S/C8H11N.C6H6.C5H5N/c1-9(2)8-6-4-3-5-7-8;2*1-2-4-6-5-3-1/h3-7H,1-2H3;1-6H;1-5H. The summed E-state index contributed by atoms with van der Waals surface area (Å²) in [6.45, 7) is 0. The van der Waals surface area contributed by atoms with E-state index in [2.05, 4.69) is 22.0 Å². The quantitative estimate of drug-likeness (QED) is 0.650.